The van der Waals surface area contributed by atoms with Gasteiger partial charge in [0.05, 0.1) is 0 Å². The van der Waals surface area contributed by atoms with E-state index in [1.807, 2.05) is 0 Å². The summed E-state index contributed by atoms with van der Waals surface area (Å²) < 4.78 is 6.29. The average Bonchev–Trinajstić information content (AvgIpc) is 3.09. The number of nitrogens with zero attached hydrogens (tertiary/aromatic N) is 5. The summed E-state index contributed by atoms with van der Waals surface area (Å²) in [6.45, 7) is 1.77. The molecule has 0 spiro atoms. The van der Waals surface area contributed by atoms with Crippen molar-refractivity contribution in [3.05, 3.63) is 29.0 Å². The number of nitrogens with two attached hydrogens (primary N) is 2. The predicted molar refractivity (Wildman–Crippen MR) is 109 cm³/mol. The zero-order chi connectivity index (χ0) is 20.9. The van der Waals surface area contributed by atoms with E-state index in [9.17, 15) is 14.4 Å². The van der Waals surface area contributed by atoms with Crippen LogP contribution in [0.15, 0.2) is 22.5 Å². The second-order valence-electron chi connectivity index (χ2n) is 6.25. The number of rotatable bonds is 5. The van der Waals surface area contributed by atoms with Crippen molar-refractivity contribution in [3.8, 4) is 0 Å². The van der Waals surface area contributed by atoms with E-state index in [0.717, 1.165) is 0 Å². The lowest BCUT2D eigenvalue weighted by molar-refractivity contribution is -0.144. The van der Waals surface area contributed by atoms with Gasteiger partial charge in [0.25, 0.3) is 11.7 Å². The van der Waals surface area contributed by atoms with E-state index in [4.69, 9.17) is 21.3 Å². The first-order valence-corrected chi connectivity index (χ1v) is 10.3. The monoisotopic (exact) mass is 473 g/mol. The number of hydrogen-bond donors (Lipinski definition) is 3. The third-order valence-corrected chi connectivity index (χ3v) is 6.68. The topological polar surface area (TPSA) is 179 Å². The second kappa shape index (κ2) is 8.29. The van der Waals surface area contributed by atoms with Crippen LogP contribution in [0.25, 0.3) is 5.78 Å². The fourth-order valence-electron chi connectivity index (χ4n) is 2.93. The van der Waals surface area contributed by atoms with E-state index in [2.05, 4.69) is 15.1 Å². The van der Waals surface area contributed by atoms with Crippen LogP contribution in [-0.2, 0) is 9.53 Å². The number of hydrogen-bond acceptors (Lipinski definition) is 10. The first-order valence-electron chi connectivity index (χ1n) is 8.26. The first-order chi connectivity index (χ1) is 13.8. The molecular weight excluding hydrogens is 458 g/mol. The quantitative estimate of drug-likeness (QED) is 0.233. The minimum Gasteiger partial charge on any atom is -0.449 e. The van der Waals surface area contributed by atoms with E-state index >= 15 is 0 Å². The van der Waals surface area contributed by atoms with E-state index in [1.165, 1.54) is 32.9 Å². The van der Waals surface area contributed by atoms with E-state index in [-0.39, 0.29) is 41.2 Å². The van der Waals surface area contributed by atoms with Crippen LogP contribution in [0.4, 0.5) is 4.79 Å². The van der Waals surface area contributed by atoms with E-state index in [0.29, 0.717) is 27.8 Å². The van der Waals surface area contributed by atoms with Gasteiger partial charge in [0.1, 0.15) is 16.4 Å². The number of primary amides is 1. The van der Waals surface area contributed by atoms with Gasteiger partial charge in [-0.15, -0.1) is 41.0 Å². The number of ether oxygens (including phenoxy) is 1. The summed E-state index contributed by atoms with van der Waals surface area (Å²) in [5.74, 6) is -0.328. The molecule has 1 fully saturated rings. The summed E-state index contributed by atoms with van der Waals surface area (Å²) in [6.07, 6.45) is -1.51. The maximum Gasteiger partial charge on any atom is 0.512 e. The zero-order valence-corrected chi connectivity index (χ0v) is 17.8. The largest absolute Gasteiger partial charge is 0.512 e. The van der Waals surface area contributed by atoms with Crippen LogP contribution >= 0.6 is 35.9 Å². The van der Waals surface area contributed by atoms with Gasteiger partial charge in [-0.25, -0.2) is 9.78 Å². The molecule has 2 aliphatic rings. The maximum absolute atomic E-state index is 12.1. The highest BCUT2D eigenvalue weighted by Crippen LogP contribution is 2.41. The Morgan fingerprint density at radius 3 is 2.83 bits per heavy atom. The van der Waals surface area contributed by atoms with Crippen LogP contribution in [0.5, 0.6) is 0 Å². The van der Waals surface area contributed by atoms with Crippen molar-refractivity contribution < 1.29 is 24.2 Å². The van der Waals surface area contributed by atoms with Crippen LogP contribution in [0.2, 0.25) is 0 Å². The van der Waals surface area contributed by atoms with Gasteiger partial charge in [0, 0.05) is 22.8 Å². The molecule has 30 heavy (non-hydrogen) atoms. The molecule has 5 N–H and O–H groups in total. The number of aryl methyl sites for hydroxylation is 1. The van der Waals surface area contributed by atoms with Gasteiger partial charge >= 0.3 is 6.16 Å². The molecule has 2 aromatic heterocycles. The summed E-state index contributed by atoms with van der Waals surface area (Å²) in [4.78, 5) is 44.1. The van der Waals surface area contributed by atoms with Gasteiger partial charge in [-0.1, -0.05) is 0 Å². The van der Waals surface area contributed by atoms with Crippen LogP contribution in [-0.4, -0.2) is 70.5 Å². The zero-order valence-electron chi connectivity index (χ0n) is 15.3. The van der Waals surface area contributed by atoms with Crippen LogP contribution in [0.3, 0.4) is 0 Å². The summed E-state index contributed by atoms with van der Waals surface area (Å²) in [5.41, 5.74) is 12.3. The van der Waals surface area contributed by atoms with Crippen molar-refractivity contribution in [2.24, 2.45) is 11.5 Å². The Kier molecular flexibility index (Phi) is 6.12. The Bertz CT molecular complexity index is 1090. The highest BCUT2D eigenvalue weighted by molar-refractivity contribution is 8.01. The Morgan fingerprint density at radius 1 is 1.43 bits per heavy atom. The minimum atomic E-state index is -1.51. The second-order valence-corrected chi connectivity index (χ2v) is 8.35. The van der Waals surface area contributed by atoms with Gasteiger partial charge in [-0.05, 0) is 13.0 Å². The number of amides is 2. The molecule has 160 valence electrons. The van der Waals surface area contributed by atoms with Crippen molar-refractivity contribution in [2.45, 2.75) is 23.4 Å². The Labute approximate surface area is 183 Å². The SMILES string of the molecule is Cc1cc(SCC2=C(OC(=O)O)N3C(=O)[C@@H](N)[C@H]3SC2)n2nc(C(N)=O)nc2n1.Cl. The van der Waals surface area contributed by atoms with Crippen molar-refractivity contribution in [2.75, 3.05) is 11.5 Å². The summed E-state index contributed by atoms with van der Waals surface area (Å²) >= 11 is 2.75. The molecule has 2 atom stereocenters. The molecule has 4 heterocycles. The average molecular weight is 474 g/mol. The summed E-state index contributed by atoms with van der Waals surface area (Å²) in [7, 11) is 0. The Balaban J connectivity index is 0.00000256. The highest BCUT2D eigenvalue weighted by Gasteiger charge is 2.51. The van der Waals surface area contributed by atoms with Gasteiger partial charge in [0.2, 0.25) is 17.6 Å². The number of carbonyl (C=O) groups is 3. The fourth-order valence-corrected chi connectivity index (χ4v) is 5.37. The predicted octanol–water partition coefficient (Wildman–Crippen LogP) is 0.194. The number of fused-ring (bicyclic) bond motifs is 2. The molecule has 15 heteroatoms. The number of carboxylic acid groups (broad SMARTS) is 1. The third-order valence-electron chi connectivity index (χ3n) is 4.24. The van der Waals surface area contributed by atoms with Crippen LogP contribution in [0.1, 0.15) is 16.3 Å². The number of aromatic nitrogens is 4. The molecule has 0 aromatic carbocycles. The van der Waals surface area contributed by atoms with Gasteiger partial charge in [-0.2, -0.15) is 9.50 Å². The fraction of sp³-hybridized carbons (Fsp3) is 0.333. The first kappa shape index (κ1) is 22.1. The number of carbonyl (C=O) groups excluding carboxylic acids is 2. The standard InChI is InChI=1S/C15H15N7O5S2.ClH/c1-5-2-7(22-14(18-5)19-10(20-22)9(17)23)28-3-6-4-29-13-8(16)11(24)21(13)12(6)27-15(25)26;/h2,8,13H,3-4,16H2,1H3,(H2,17,23)(H,25,26);1H/t8-,13-;/m1./s1. The van der Waals surface area contributed by atoms with Crippen LogP contribution < -0.4 is 11.5 Å². The van der Waals surface area contributed by atoms with Gasteiger partial charge in [0.15, 0.2) is 0 Å². The Hall–Kier alpha value is -2.55. The summed E-state index contributed by atoms with van der Waals surface area (Å²) in [5, 5.41) is 13.4. The van der Waals surface area contributed by atoms with Gasteiger partial charge < -0.3 is 21.3 Å². The van der Waals surface area contributed by atoms with Crippen molar-refractivity contribution in [1.29, 1.82) is 0 Å². The lowest BCUT2D eigenvalue weighted by atomic mass is 10.1. The molecule has 1 saturated heterocycles. The van der Waals surface area contributed by atoms with Crippen LogP contribution in [0, 0.1) is 6.92 Å². The molecule has 0 aliphatic carbocycles. The highest BCUT2D eigenvalue weighted by atomic mass is 35.5. The third kappa shape index (κ3) is 3.78. The van der Waals surface area contributed by atoms with Crippen molar-refractivity contribution in [1.82, 2.24) is 24.5 Å². The maximum atomic E-state index is 12.1. The molecule has 0 unspecified atom stereocenters. The lowest BCUT2D eigenvalue weighted by Crippen LogP contribution is -2.68. The molecule has 4 rings (SSSR count). The van der Waals surface area contributed by atoms with Crippen molar-refractivity contribution >= 4 is 59.7 Å². The normalized spacial score (nSPS) is 20.5. The molecular formula is C15H16ClN7O5S2. The van der Waals surface area contributed by atoms with Crippen molar-refractivity contribution in [3.63, 3.8) is 0 Å². The molecule has 2 aromatic rings. The lowest BCUT2D eigenvalue weighted by Gasteiger charge is -2.47. The number of β-lactam (4-membered cyclic amide) rings is 1. The molecule has 0 radical (unpaired) electrons. The molecule has 0 saturated carbocycles. The molecule has 12 nitrogen and oxygen atoms in total. The molecule has 2 aliphatic heterocycles. The minimum absolute atomic E-state index is 0. The van der Waals surface area contributed by atoms with Gasteiger partial charge in [-0.3, -0.25) is 14.5 Å². The smallest absolute Gasteiger partial charge is 0.449 e. The molecule has 0 bridgehead atoms. The molecule has 2 amide bonds. The van der Waals surface area contributed by atoms with E-state index < -0.39 is 18.1 Å². The number of halogens is 1. The summed E-state index contributed by atoms with van der Waals surface area (Å²) in [6, 6.07) is 1.07. The number of thioether (sulfide) groups is 2. The van der Waals surface area contributed by atoms with E-state index in [1.54, 1.807) is 13.0 Å². The Morgan fingerprint density at radius 2 is 2.17 bits per heavy atom.